The summed E-state index contributed by atoms with van der Waals surface area (Å²) in [6.45, 7) is 1.15. The van der Waals surface area contributed by atoms with Crippen molar-refractivity contribution in [1.82, 2.24) is 9.88 Å². The van der Waals surface area contributed by atoms with E-state index in [1.165, 1.54) is 0 Å². The molecular formula is C20H17N3O. The van der Waals surface area contributed by atoms with E-state index in [9.17, 15) is 4.79 Å². The molecule has 0 bridgehead atoms. The van der Waals surface area contributed by atoms with Crippen molar-refractivity contribution in [2.24, 2.45) is 0 Å². The third-order valence-electron chi connectivity index (χ3n) is 4.13. The third-order valence-corrected chi connectivity index (χ3v) is 4.13. The number of carbonyl (C=O) groups excluding carboxylic acids is 1. The first-order valence-corrected chi connectivity index (χ1v) is 7.95. The van der Waals surface area contributed by atoms with Crippen LogP contribution in [0.15, 0.2) is 79.0 Å². The highest BCUT2D eigenvalue weighted by Crippen LogP contribution is 2.33. The van der Waals surface area contributed by atoms with Crippen LogP contribution in [-0.4, -0.2) is 15.9 Å². The average Bonchev–Trinajstić information content (AvgIpc) is 2.64. The molecule has 0 radical (unpaired) electrons. The van der Waals surface area contributed by atoms with Crippen molar-refractivity contribution in [2.75, 3.05) is 4.90 Å². The van der Waals surface area contributed by atoms with Gasteiger partial charge in [0.15, 0.2) is 0 Å². The van der Waals surface area contributed by atoms with Crippen LogP contribution in [0.4, 0.5) is 16.3 Å². The predicted octanol–water partition coefficient (Wildman–Crippen LogP) is 4.36. The Kier molecular flexibility index (Phi) is 3.71. The standard InChI is InChI=1S/C20H17N3O/c24-20-22(14-16-8-3-1-4-9-16)15-17-10-7-13-21-19(17)23(20)18-11-5-2-6-12-18/h1-13H,14-15H2. The van der Waals surface area contributed by atoms with Crippen LogP contribution >= 0.6 is 0 Å². The fraction of sp³-hybridized carbons (Fsp3) is 0.100. The molecule has 0 N–H and O–H groups in total. The van der Waals surface area contributed by atoms with E-state index in [2.05, 4.69) is 4.98 Å². The summed E-state index contributed by atoms with van der Waals surface area (Å²) in [5.74, 6) is 0.720. The lowest BCUT2D eigenvalue weighted by atomic mass is 10.1. The number of hydrogen-bond donors (Lipinski definition) is 0. The number of hydrogen-bond acceptors (Lipinski definition) is 2. The Morgan fingerprint density at radius 3 is 2.33 bits per heavy atom. The maximum atomic E-state index is 13.1. The van der Waals surface area contributed by atoms with E-state index in [1.807, 2.05) is 77.7 Å². The maximum absolute atomic E-state index is 13.1. The number of amides is 2. The molecule has 0 spiro atoms. The molecule has 0 atom stereocenters. The zero-order valence-corrected chi connectivity index (χ0v) is 13.2. The fourth-order valence-electron chi connectivity index (χ4n) is 3.00. The van der Waals surface area contributed by atoms with Crippen molar-refractivity contribution in [2.45, 2.75) is 13.1 Å². The van der Waals surface area contributed by atoms with Gasteiger partial charge < -0.3 is 4.90 Å². The van der Waals surface area contributed by atoms with Crippen molar-refractivity contribution in [1.29, 1.82) is 0 Å². The smallest absolute Gasteiger partial charge is 0.315 e. The molecule has 1 aliphatic heterocycles. The summed E-state index contributed by atoms with van der Waals surface area (Å²) in [5.41, 5.74) is 3.00. The highest BCUT2D eigenvalue weighted by Gasteiger charge is 2.32. The zero-order chi connectivity index (χ0) is 16.4. The summed E-state index contributed by atoms with van der Waals surface area (Å²) >= 11 is 0. The second-order valence-electron chi connectivity index (χ2n) is 5.78. The number of carbonyl (C=O) groups is 1. The van der Waals surface area contributed by atoms with Crippen LogP contribution in [0.5, 0.6) is 0 Å². The van der Waals surface area contributed by atoms with Crippen LogP contribution in [0.3, 0.4) is 0 Å². The van der Waals surface area contributed by atoms with E-state index in [1.54, 1.807) is 11.1 Å². The molecule has 0 saturated carbocycles. The van der Waals surface area contributed by atoms with Crippen molar-refractivity contribution < 1.29 is 4.79 Å². The van der Waals surface area contributed by atoms with Gasteiger partial charge in [0.05, 0.1) is 12.2 Å². The van der Waals surface area contributed by atoms with Crippen LogP contribution in [-0.2, 0) is 13.1 Å². The van der Waals surface area contributed by atoms with Crippen molar-refractivity contribution in [3.8, 4) is 0 Å². The summed E-state index contributed by atoms with van der Waals surface area (Å²) in [5, 5.41) is 0. The molecule has 0 aliphatic carbocycles. The Morgan fingerprint density at radius 1 is 0.875 bits per heavy atom. The average molecular weight is 315 g/mol. The molecule has 2 aromatic carbocycles. The second-order valence-corrected chi connectivity index (χ2v) is 5.78. The largest absolute Gasteiger partial charge is 0.330 e. The van der Waals surface area contributed by atoms with Gasteiger partial charge >= 0.3 is 6.03 Å². The number of urea groups is 1. The van der Waals surface area contributed by atoms with Gasteiger partial charge in [-0.3, -0.25) is 0 Å². The van der Waals surface area contributed by atoms with E-state index in [0.717, 1.165) is 22.6 Å². The van der Waals surface area contributed by atoms with Gasteiger partial charge in [-0.1, -0.05) is 54.6 Å². The van der Waals surface area contributed by atoms with Crippen molar-refractivity contribution >= 4 is 17.5 Å². The number of rotatable bonds is 3. The normalized spacial score (nSPS) is 13.8. The van der Waals surface area contributed by atoms with Gasteiger partial charge in [0.25, 0.3) is 0 Å². The Hall–Kier alpha value is -3.14. The summed E-state index contributed by atoms with van der Waals surface area (Å²) < 4.78 is 0. The molecular weight excluding hydrogens is 298 g/mol. The molecule has 1 aromatic heterocycles. The Morgan fingerprint density at radius 2 is 1.58 bits per heavy atom. The van der Waals surface area contributed by atoms with Crippen molar-refractivity contribution in [3.63, 3.8) is 0 Å². The third kappa shape index (κ3) is 2.63. The SMILES string of the molecule is O=C1N(Cc2ccccc2)Cc2cccnc2N1c1ccccc1. The number of anilines is 2. The lowest BCUT2D eigenvalue weighted by molar-refractivity contribution is 0.198. The summed E-state index contributed by atoms with van der Waals surface area (Å²) in [6, 6.07) is 23.6. The van der Waals surface area contributed by atoms with Gasteiger partial charge in [-0.15, -0.1) is 0 Å². The highest BCUT2D eigenvalue weighted by molar-refractivity contribution is 6.00. The topological polar surface area (TPSA) is 36.4 Å². The Labute approximate surface area is 141 Å². The van der Waals surface area contributed by atoms with E-state index >= 15 is 0 Å². The molecule has 4 heteroatoms. The summed E-state index contributed by atoms with van der Waals surface area (Å²) in [4.78, 5) is 21.1. The molecule has 1 aliphatic rings. The van der Waals surface area contributed by atoms with E-state index in [-0.39, 0.29) is 6.03 Å². The van der Waals surface area contributed by atoms with Crippen LogP contribution in [0.1, 0.15) is 11.1 Å². The summed E-state index contributed by atoms with van der Waals surface area (Å²) in [7, 11) is 0. The maximum Gasteiger partial charge on any atom is 0.330 e. The molecule has 4 nitrogen and oxygen atoms in total. The molecule has 3 aromatic rings. The van der Waals surface area contributed by atoms with E-state index in [0.29, 0.717) is 13.1 Å². The fourth-order valence-corrected chi connectivity index (χ4v) is 3.00. The lowest BCUT2D eigenvalue weighted by Gasteiger charge is -2.36. The molecule has 24 heavy (non-hydrogen) atoms. The first-order valence-electron chi connectivity index (χ1n) is 7.95. The molecule has 4 rings (SSSR count). The highest BCUT2D eigenvalue weighted by atomic mass is 16.2. The number of fused-ring (bicyclic) bond motifs is 1. The van der Waals surface area contributed by atoms with Gasteiger partial charge in [-0.05, 0) is 23.8 Å². The van der Waals surface area contributed by atoms with Crippen LogP contribution in [0.25, 0.3) is 0 Å². The number of pyridine rings is 1. The molecule has 2 amide bonds. The first-order chi connectivity index (χ1) is 11.8. The quantitative estimate of drug-likeness (QED) is 0.720. The van der Waals surface area contributed by atoms with Gasteiger partial charge in [0, 0.05) is 18.3 Å². The van der Waals surface area contributed by atoms with Crippen molar-refractivity contribution in [3.05, 3.63) is 90.1 Å². The van der Waals surface area contributed by atoms with E-state index < -0.39 is 0 Å². The van der Waals surface area contributed by atoms with Crippen LogP contribution < -0.4 is 4.90 Å². The first kappa shape index (κ1) is 14.5. The minimum absolute atomic E-state index is 0.0451. The monoisotopic (exact) mass is 315 g/mol. The lowest BCUT2D eigenvalue weighted by Crippen LogP contribution is -2.44. The minimum atomic E-state index is -0.0451. The second kappa shape index (κ2) is 6.16. The predicted molar refractivity (Wildman–Crippen MR) is 93.9 cm³/mol. The van der Waals surface area contributed by atoms with Gasteiger partial charge in [-0.25, -0.2) is 14.7 Å². The minimum Gasteiger partial charge on any atom is -0.315 e. The number of benzene rings is 2. The summed E-state index contributed by atoms with van der Waals surface area (Å²) in [6.07, 6.45) is 1.73. The molecule has 118 valence electrons. The molecule has 0 saturated heterocycles. The Balaban J connectivity index is 1.74. The molecule has 0 fully saturated rings. The van der Waals surface area contributed by atoms with Gasteiger partial charge in [0.1, 0.15) is 5.82 Å². The van der Waals surface area contributed by atoms with Gasteiger partial charge in [-0.2, -0.15) is 0 Å². The number of para-hydroxylation sites is 1. The number of nitrogens with zero attached hydrogens (tertiary/aromatic N) is 3. The van der Waals surface area contributed by atoms with Crippen LogP contribution in [0, 0.1) is 0 Å². The zero-order valence-electron chi connectivity index (χ0n) is 13.2. The van der Waals surface area contributed by atoms with E-state index in [4.69, 9.17) is 0 Å². The molecule has 0 unspecified atom stereocenters. The number of aromatic nitrogens is 1. The molecule has 2 heterocycles. The Bertz CT molecular complexity index is 849. The van der Waals surface area contributed by atoms with Gasteiger partial charge in [0.2, 0.25) is 0 Å². The van der Waals surface area contributed by atoms with Crippen LogP contribution in [0.2, 0.25) is 0 Å².